The van der Waals surface area contributed by atoms with Gasteiger partial charge in [-0.2, -0.15) is 0 Å². The van der Waals surface area contributed by atoms with Gasteiger partial charge in [-0.05, 0) is 47.7 Å². The van der Waals surface area contributed by atoms with E-state index in [-0.39, 0.29) is 0 Å². The molecule has 0 aromatic heterocycles. The zero-order valence-electron chi connectivity index (χ0n) is 10.7. The summed E-state index contributed by atoms with van der Waals surface area (Å²) in [5.74, 6) is 0.906. The Labute approximate surface area is 108 Å². The van der Waals surface area contributed by atoms with Crippen molar-refractivity contribution >= 4 is 6.08 Å². The molecule has 0 bridgehead atoms. The van der Waals surface area contributed by atoms with Crippen molar-refractivity contribution in [1.29, 1.82) is 0 Å². The van der Waals surface area contributed by atoms with Crippen molar-refractivity contribution in [2.75, 3.05) is 7.11 Å². The van der Waals surface area contributed by atoms with Gasteiger partial charge >= 0.3 is 0 Å². The number of hydrogen-bond donors (Lipinski definition) is 0. The fourth-order valence-corrected chi connectivity index (χ4v) is 2.58. The van der Waals surface area contributed by atoms with Crippen molar-refractivity contribution in [3.05, 3.63) is 59.2 Å². The van der Waals surface area contributed by atoms with Gasteiger partial charge in [-0.1, -0.05) is 42.0 Å². The third kappa shape index (κ3) is 1.82. The van der Waals surface area contributed by atoms with Gasteiger partial charge in [-0.25, -0.2) is 0 Å². The van der Waals surface area contributed by atoms with E-state index in [2.05, 4.69) is 43.3 Å². The van der Waals surface area contributed by atoms with Crippen LogP contribution < -0.4 is 4.74 Å². The number of ether oxygens (including phenoxy) is 1. The molecule has 2 aromatic rings. The van der Waals surface area contributed by atoms with Gasteiger partial charge in [0.1, 0.15) is 5.75 Å². The predicted octanol–water partition coefficient (Wildman–Crippen LogP) is 4.32. The lowest BCUT2D eigenvalue weighted by Crippen LogP contribution is -1.88. The molecule has 0 unspecified atom stereocenters. The summed E-state index contributed by atoms with van der Waals surface area (Å²) in [5, 5.41) is 0. The molecule has 3 rings (SSSR count). The Balaban J connectivity index is 2.15. The number of benzene rings is 2. The molecule has 0 heterocycles. The molecule has 1 nitrogen and oxygen atoms in total. The van der Waals surface area contributed by atoms with Crippen molar-refractivity contribution in [3.8, 4) is 16.9 Å². The Morgan fingerprint density at radius 3 is 2.72 bits per heavy atom. The first kappa shape index (κ1) is 11.1. The molecule has 0 radical (unpaired) electrons. The molecule has 0 saturated heterocycles. The Morgan fingerprint density at radius 1 is 1.06 bits per heavy atom. The third-order valence-electron chi connectivity index (χ3n) is 3.44. The molecule has 0 spiro atoms. The fraction of sp³-hybridized carbons (Fsp3) is 0.176. The van der Waals surface area contributed by atoms with E-state index in [0.29, 0.717) is 0 Å². The van der Waals surface area contributed by atoms with E-state index in [1.807, 2.05) is 12.1 Å². The van der Waals surface area contributed by atoms with Crippen molar-refractivity contribution in [2.24, 2.45) is 0 Å². The Morgan fingerprint density at radius 2 is 1.89 bits per heavy atom. The van der Waals surface area contributed by atoms with Crippen LogP contribution >= 0.6 is 0 Å². The molecule has 1 heteroatoms. The van der Waals surface area contributed by atoms with E-state index in [4.69, 9.17) is 4.74 Å². The highest BCUT2D eigenvalue weighted by atomic mass is 16.5. The topological polar surface area (TPSA) is 9.23 Å². The van der Waals surface area contributed by atoms with Crippen LogP contribution in [-0.4, -0.2) is 7.11 Å². The predicted molar refractivity (Wildman–Crippen MR) is 75.8 cm³/mol. The summed E-state index contributed by atoms with van der Waals surface area (Å²) in [7, 11) is 1.71. The van der Waals surface area contributed by atoms with Gasteiger partial charge in [0.25, 0.3) is 0 Å². The van der Waals surface area contributed by atoms with Gasteiger partial charge in [0.15, 0.2) is 0 Å². The van der Waals surface area contributed by atoms with E-state index in [1.165, 1.54) is 27.8 Å². The largest absolute Gasteiger partial charge is 0.497 e. The summed E-state index contributed by atoms with van der Waals surface area (Å²) in [6, 6.07) is 14.8. The highest BCUT2D eigenvalue weighted by molar-refractivity contribution is 5.81. The molecule has 1 aliphatic carbocycles. The average molecular weight is 236 g/mol. The Hall–Kier alpha value is -2.02. The first-order valence-corrected chi connectivity index (χ1v) is 6.21. The summed E-state index contributed by atoms with van der Waals surface area (Å²) in [5.41, 5.74) is 6.73. The van der Waals surface area contributed by atoms with Crippen LogP contribution in [0.15, 0.2) is 48.0 Å². The van der Waals surface area contributed by atoms with Gasteiger partial charge in [-0.3, -0.25) is 0 Å². The second-order valence-corrected chi connectivity index (χ2v) is 4.78. The van der Waals surface area contributed by atoms with Crippen molar-refractivity contribution in [2.45, 2.75) is 13.3 Å². The van der Waals surface area contributed by atoms with Gasteiger partial charge in [0.05, 0.1) is 7.11 Å². The number of rotatable bonds is 2. The van der Waals surface area contributed by atoms with Crippen LogP contribution in [0.5, 0.6) is 5.75 Å². The maximum absolute atomic E-state index is 5.30. The first-order chi connectivity index (χ1) is 8.78. The second-order valence-electron chi connectivity index (χ2n) is 4.78. The number of allylic oxidation sites excluding steroid dienone is 1. The lowest BCUT2D eigenvalue weighted by molar-refractivity contribution is 0.415. The monoisotopic (exact) mass is 236 g/mol. The van der Waals surface area contributed by atoms with E-state index in [9.17, 15) is 0 Å². The highest BCUT2D eigenvalue weighted by Crippen LogP contribution is 2.34. The average Bonchev–Trinajstić information content (AvgIpc) is 2.78. The van der Waals surface area contributed by atoms with Gasteiger partial charge in [-0.15, -0.1) is 0 Å². The third-order valence-corrected chi connectivity index (χ3v) is 3.44. The quantitative estimate of drug-likeness (QED) is 0.754. The van der Waals surface area contributed by atoms with Crippen LogP contribution in [0, 0.1) is 0 Å². The van der Waals surface area contributed by atoms with E-state index >= 15 is 0 Å². The molecule has 0 atom stereocenters. The number of hydrogen-bond acceptors (Lipinski definition) is 1. The maximum atomic E-state index is 5.30. The molecule has 18 heavy (non-hydrogen) atoms. The first-order valence-electron chi connectivity index (χ1n) is 6.21. The number of fused-ring (bicyclic) bond motifs is 1. The minimum Gasteiger partial charge on any atom is -0.497 e. The highest BCUT2D eigenvalue weighted by Gasteiger charge is 2.14. The zero-order valence-corrected chi connectivity index (χ0v) is 10.7. The lowest BCUT2D eigenvalue weighted by atomic mass is 9.97. The molecular formula is C17H16O. The normalized spacial score (nSPS) is 13.1. The van der Waals surface area contributed by atoms with E-state index in [0.717, 1.165) is 12.2 Å². The fourth-order valence-electron chi connectivity index (χ4n) is 2.58. The Kier molecular flexibility index (Phi) is 2.67. The van der Waals surface area contributed by atoms with Gasteiger partial charge in [0.2, 0.25) is 0 Å². The zero-order chi connectivity index (χ0) is 12.5. The summed E-state index contributed by atoms with van der Waals surface area (Å²) in [4.78, 5) is 0. The van der Waals surface area contributed by atoms with Crippen molar-refractivity contribution in [3.63, 3.8) is 0 Å². The molecule has 0 N–H and O–H groups in total. The number of methoxy groups -OCH3 is 1. The van der Waals surface area contributed by atoms with Crippen LogP contribution in [0.3, 0.4) is 0 Å². The van der Waals surface area contributed by atoms with Crippen LogP contribution in [0.25, 0.3) is 17.2 Å². The summed E-state index contributed by atoms with van der Waals surface area (Å²) < 4.78 is 5.30. The molecule has 0 fully saturated rings. The molecule has 0 saturated carbocycles. The van der Waals surface area contributed by atoms with Crippen molar-refractivity contribution in [1.82, 2.24) is 0 Å². The minimum absolute atomic E-state index is 0.906. The van der Waals surface area contributed by atoms with Gasteiger partial charge < -0.3 is 4.74 Å². The Bertz CT molecular complexity index is 623. The summed E-state index contributed by atoms with van der Waals surface area (Å²) >= 11 is 0. The SMILES string of the molecule is COc1cccc(-c2cccc3c2C=C(C)C3)c1. The maximum Gasteiger partial charge on any atom is 0.119 e. The van der Waals surface area contributed by atoms with E-state index in [1.54, 1.807) is 7.11 Å². The lowest BCUT2D eigenvalue weighted by Gasteiger charge is -2.09. The second kappa shape index (κ2) is 4.34. The van der Waals surface area contributed by atoms with Crippen LogP contribution in [0.2, 0.25) is 0 Å². The molecular weight excluding hydrogens is 220 g/mol. The molecule has 0 amide bonds. The van der Waals surface area contributed by atoms with Crippen molar-refractivity contribution < 1.29 is 4.74 Å². The molecule has 2 aromatic carbocycles. The summed E-state index contributed by atoms with van der Waals surface area (Å²) in [6.07, 6.45) is 3.37. The minimum atomic E-state index is 0.906. The smallest absolute Gasteiger partial charge is 0.119 e. The van der Waals surface area contributed by atoms with Crippen LogP contribution in [0.1, 0.15) is 18.1 Å². The van der Waals surface area contributed by atoms with Crippen LogP contribution in [0.4, 0.5) is 0 Å². The van der Waals surface area contributed by atoms with Gasteiger partial charge in [0, 0.05) is 0 Å². The molecule has 1 aliphatic rings. The standard InChI is InChI=1S/C17H16O/c1-12-9-13-6-4-8-16(17(13)10-12)14-5-3-7-15(11-14)18-2/h3-8,10-11H,9H2,1-2H3. The van der Waals surface area contributed by atoms with Crippen LogP contribution in [-0.2, 0) is 6.42 Å². The molecule has 0 aliphatic heterocycles. The summed E-state index contributed by atoms with van der Waals surface area (Å²) in [6.45, 7) is 2.19. The molecule has 90 valence electrons. The van der Waals surface area contributed by atoms with E-state index < -0.39 is 0 Å².